The molecule has 0 spiro atoms. The van der Waals surface area contributed by atoms with Gasteiger partial charge in [-0.25, -0.2) is 15.0 Å². The predicted octanol–water partition coefficient (Wildman–Crippen LogP) is 11.0. The average Bonchev–Trinajstić information content (AvgIpc) is 3.71. The quantitative estimate of drug-likeness (QED) is 0.188. The van der Waals surface area contributed by atoms with E-state index in [-0.39, 0.29) is 0 Å². The van der Waals surface area contributed by atoms with Crippen LogP contribution in [0.4, 0.5) is 0 Å². The number of benzene rings is 7. The van der Waals surface area contributed by atoms with E-state index in [1.54, 1.807) is 0 Å². The Kier molecular flexibility index (Phi) is 6.42. The molecule has 0 amide bonds. The molecule has 0 N–H and O–H groups in total. The molecule has 0 bridgehead atoms. The Morgan fingerprint density at radius 2 is 0.860 bits per heavy atom. The maximum Gasteiger partial charge on any atom is 0.164 e. The van der Waals surface area contributed by atoms with Crippen LogP contribution < -0.4 is 0 Å². The second-order valence-electron chi connectivity index (χ2n) is 12.5. The summed E-state index contributed by atoms with van der Waals surface area (Å²) in [4.78, 5) is 14.8. The van der Waals surface area contributed by atoms with Gasteiger partial charge in [-0.2, -0.15) is 0 Å². The highest BCUT2D eigenvalue weighted by atomic mass is 15.1. The third kappa shape index (κ3) is 4.45. The summed E-state index contributed by atoms with van der Waals surface area (Å²) in [7, 11) is 0. The lowest BCUT2D eigenvalue weighted by Gasteiger charge is -2.12. The van der Waals surface area contributed by atoms with E-state index in [1.807, 2.05) is 60.7 Å². The summed E-state index contributed by atoms with van der Waals surface area (Å²) in [5.74, 6) is 1.93. The summed E-state index contributed by atoms with van der Waals surface area (Å²) < 4.78 is 4.81. The average molecular weight is 640 g/mol. The Bertz CT molecular complexity index is 2790. The maximum atomic E-state index is 4.97. The van der Waals surface area contributed by atoms with Gasteiger partial charge in [-0.05, 0) is 58.8 Å². The first kappa shape index (κ1) is 28.2. The SMILES string of the molecule is c1ccc(-c2nc(-c3ccccc3)nc(-c3ccc(-n4c5ccccc5n5c6ccccc6c(-c6cccc7ccccc67)c45)cc3)n2)cc1. The van der Waals surface area contributed by atoms with Gasteiger partial charge in [0.15, 0.2) is 17.5 Å². The van der Waals surface area contributed by atoms with Crippen LogP contribution in [0.1, 0.15) is 0 Å². The zero-order chi connectivity index (χ0) is 33.0. The van der Waals surface area contributed by atoms with Gasteiger partial charge in [-0.3, -0.25) is 8.97 Å². The van der Waals surface area contributed by atoms with E-state index in [9.17, 15) is 0 Å². The Balaban J connectivity index is 1.20. The molecule has 3 heterocycles. The van der Waals surface area contributed by atoms with Crippen molar-refractivity contribution in [1.29, 1.82) is 0 Å². The summed E-state index contributed by atoms with van der Waals surface area (Å²) in [6.07, 6.45) is 0. The first-order valence-electron chi connectivity index (χ1n) is 16.8. The van der Waals surface area contributed by atoms with E-state index in [2.05, 4.69) is 124 Å². The largest absolute Gasteiger partial charge is 0.293 e. The second kappa shape index (κ2) is 11.4. The van der Waals surface area contributed by atoms with Gasteiger partial charge in [0.25, 0.3) is 0 Å². The number of hydrogen-bond donors (Lipinski definition) is 0. The number of nitrogens with zero attached hydrogens (tertiary/aromatic N) is 5. The lowest BCUT2D eigenvalue weighted by molar-refractivity contribution is 1.07. The smallest absolute Gasteiger partial charge is 0.164 e. The van der Waals surface area contributed by atoms with Crippen LogP contribution in [0.3, 0.4) is 0 Å². The third-order valence-corrected chi connectivity index (χ3v) is 9.57. The summed E-state index contributed by atoms with van der Waals surface area (Å²) >= 11 is 0. The van der Waals surface area contributed by atoms with E-state index < -0.39 is 0 Å². The van der Waals surface area contributed by atoms with Crippen LogP contribution >= 0.6 is 0 Å². The molecule has 50 heavy (non-hydrogen) atoms. The van der Waals surface area contributed by atoms with Crippen molar-refractivity contribution in [2.24, 2.45) is 0 Å². The van der Waals surface area contributed by atoms with Gasteiger partial charge in [-0.15, -0.1) is 0 Å². The van der Waals surface area contributed by atoms with Crippen molar-refractivity contribution < 1.29 is 0 Å². The highest BCUT2D eigenvalue weighted by molar-refractivity contribution is 6.14. The van der Waals surface area contributed by atoms with Crippen molar-refractivity contribution in [2.75, 3.05) is 0 Å². The highest BCUT2D eigenvalue weighted by Crippen LogP contribution is 2.43. The molecule has 0 atom stereocenters. The van der Waals surface area contributed by atoms with Crippen molar-refractivity contribution >= 4 is 38.4 Å². The zero-order valence-corrected chi connectivity index (χ0v) is 27.0. The van der Waals surface area contributed by atoms with Gasteiger partial charge in [0, 0.05) is 33.3 Å². The Labute approximate surface area is 288 Å². The molecule has 234 valence electrons. The minimum Gasteiger partial charge on any atom is -0.293 e. The van der Waals surface area contributed by atoms with Crippen molar-refractivity contribution in [3.8, 4) is 51.0 Å². The molecular weight excluding hydrogens is 611 g/mol. The third-order valence-electron chi connectivity index (χ3n) is 9.57. The molecule has 7 aromatic carbocycles. The van der Waals surface area contributed by atoms with Gasteiger partial charge < -0.3 is 0 Å². The van der Waals surface area contributed by atoms with Gasteiger partial charge in [0.05, 0.1) is 16.6 Å². The molecule has 3 aromatic heterocycles. The van der Waals surface area contributed by atoms with Gasteiger partial charge in [-0.1, -0.05) is 133 Å². The number of hydrogen-bond acceptors (Lipinski definition) is 3. The van der Waals surface area contributed by atoms with E-state index >= 15 is 0 Å². The van der Waals surface area contributed by atoms with Crippen molar-refractivity contribution in [3.63, 3.8) is 0 Å². The highest BCUT2D eigenvalue weighted by Gasteiger charge is 2.23. The molecule has 0 aliphatic heterocycles. The molecule has 0 aliphatic carbocycles. The van der Waals surface area contributed by atoms with E-state index in [1.165, 1.54) is 32.8 Å². The molecule has 0 aliphatic rings. The fraction of sp³-hybridized carbons (Fsp3) is 0. The van der Waals surface area contributed by atoms with Crippen LogP contribution in [0.2, 0.25) is 0 Å². The molecule has 0 unspecified atom stereocenters. The van der Waals surface area contributed by atoms with Gasteiger partial charge in [0.1, 0.15) is 5.65 Å². The monoisotopic (exact) mass is 639 g/mol. The number of rotatable bonds is 5. The molecule has 5 nitrogen and oxygen atoms in total. The number of aromatic nitrogens is 5. The molecule has 10 rings (SSSR count). The van der Waals surface area contributed by atoms with E-state index in [0.29, 0.717) is 17.5 Å². The fourth-order valence-corrected chi connectivity index (χ4v) is 7.31. The van der Waals surface area contributed by atoms with Gasteiger partial charge >= 0.3 is 0 Å². The lowest BCUT2D eigenvalue weighted by Crippen LogP contribution is -2.00. The maximum absolute atomic E-state index is 4.97. The lowest BCUT2D eigenvalue weighted by atomic mass is 9.97. The Hall–Kier alpha value is -6.85. The van der Waals surface area contributed by atoms with Crippen LogP contribution in [-0.2, 0) is 0 Å². The Morgan fingerprint density at radius 1 is 0.360 bits per heavy atom. The summed E-state index contributed by atoms with van der Waals surface area (Å²) in [6.45, 7) is 0. The normalized spacial score (nSPS) is 11.6. The number of fused-ring (bicyclic) bond motifs is 6. The van der Waals surface area contributed by atoms with E-state index in [0.717, 1.165) is 39.1 Å². The molecule has 0 radical (unpaired) electrons. The predicted molar refractivity (Wildman–Crippen MR) is 204 cm³/mol. The second-order valence-corrected chi connectivity index (χ2v) is 12.5. The molecule has 10 aromatic rings. The zero-order valence-electron chi connectivity index (χ0n) is 27.0. The molecule has 0 fully saturated rings. The van der Waals surface area contributed by atoms with Crippen LogP contribution in [-0.4, -0.2) is 23.9 Å². The van der Waals surface area contributed by atoms with Crippen LogP contribution in [0.5, 0.6) is 0 Å². The van der Waals surface area contributed by atoms with Crippen LogP contribution in [0, 0.1) is 0 Å². The standard InChI is InChI=1S/C45H29N5/c1-3-15-31(16-4-1)42-46-43(32-17-5-2-6-18-32)48-44(47-42)33-26-28-34(29-27-33)49-39-24-11-12-25-40(39)50-38-23-10-9-21-37(38)41(45(49)50)36-22-13-19-30-14-7-8-20-35(30)36/h1-29H. The van der Waals surface area contributed by atoms with E-state index in [4.69, 9.17) is 15.0 Å². The molecular formula is C45H29N5. The first-order chi connectivity index (χ1) is 24.8. The molecule has 0 saturated heterocycles. The minimum atomic E-state index is 0.636. The summed E-state index contributed by atoms with van der Waals surface area (Å²) in [6, 6.07) is 61.5. The fourth-order valence-electron chi connectivity index (χ4n) is 7.31. The summed E-state index contributed by atoms with van der Waals surface area (Å²) in [5, 5.41) is 3.68. The molecule has 5 heteroatoms. The first-order valence-corrected chi connectivity index (χ1v) is 16.8. The minimum absolute atomic E-state index is 0.636. The van der Waals surface area contributed by atoms with Crippen LogP contribution in [0.15, 0.2) is 176 Å². The van der Waals surface area contributed by atoms with Crippen molar-refractivity contribution in [3.05, 3.63) is 176 Å². The van der Waals surface area contributed by atoms with Gasteiger partial charge in [0.2, 0.25) is 0 Å². The van der Waals surface area contributed by atoms with Crippen molar-refractivity contribution in [1.82, 2.24) is 23.9 Å². The molecule has 0 saturated carbocycles. The Morgan fingerprint density at radius 3 is 1.52 bits per heavy atom. The van der Waals surface area contributed by atoms with Crippen LogP contribution in [0.25, 0.3) is 89.3 Å². The number of para-hydroxylation sites is 3. The summed E-state index contributed by atoms with van der Waals surface area (Å²) in [5.41, 5.74) is 10.9. The van der Waals surface area contributed by atoms with Crippen molar-refractivity contribution in [2.45, 2.75) is 0 Å². The topological polar surface area (TPSA) is 48.0 Å². The number of imidazole rings is 1.